The Morgan fingerprint density at radius 2 is 2.11 bits per heavy atom. The second kappa shape index (κ2) is 7.09. The quantitative estimate of drug-likeness (QED) is 0.856. The molecule has 1 atom stereocenters. The zero-order valence-electron chi connectivity index (χ0n) is 12.4. The Hall–Kier alpha value is -0.830. The van der Waals surface area contributed by atoms with Crippen LogP contribution in [-0.4, -0.2) is 21.0 Å². The van der Waals surface area contributed by atoms with Crippen LogP contribution in [-0.2, 0) is 13.5 Å². The number of hydrogen-bond acceptors (Lipinski definition) is 2. The van der Waals surface area contributed by atoms with Gasteiger partial charge in [-0.25, -0.2) is 0 Å². The third kappa shape index (κ3) is 4.34. The summed E-state index contributed by atoms with van der Waals surface area (Å²) in [4.78, 5) is 0. The second-order valence-electron chi connectivity index (χ2n) is 6.18. The first-order valence-corrected chi connectivity index (χ1v) is 7.85. The normalized spacial score (nSPS) is 25.4. The average Bonchev–Trinajstić information content (AvgIpc) is 2.82. The molecule has 0 spiro atoms. The van der Waals surface area contributed by atoms with E-state index < -0.39 is 0 Å². The summed E-state index contributed by atoms with van der Waals surface area (Å²) in [5.41, 5.74) is 1.02. The minimum atomic E-state index is -0.206. The molecule has 1 aliphatic rings. The predicted molar refractivity (Wildman–Crippen MR) is 77.9 cm³/mol. The summed E-state index contributed by atoms with van der Waals surface area (Å²) in [7, 11) is 1.93. The lowest BCUT2D eigenvalue weighted by atomic mass is 9.77. The van der Waals surface area contributed by atoms with E-state index in [9.17, 15) is 5.11 Å². The van der Waals surface area contributed by atoms with Crippen LogP contribution in [0.2, 0.25) is 0 Å². The molecular weight excluding hydrogens is 236 g/mol. The topological polar surface area (TPSA) is 38.0 Å². The molecule has 19 heavy (non-hydrogen) atoms. The van der Waals surface area contributed by atoms with Crippen LogP contribution >= 0.6 is 0 Å². The number of rotatable bonds is 6. The van der Waals surface area contributed by atoms with Gasteiger partial charge in [-0.2, -0.15) is 5.10 Å². The molecule has 1 heterocycles. The summed E-state index contributed by atoms with van der Waals surface area (Å²) in [6.45, 7) is 2.27. The van der Waals surface area contributed by atoms with Crippen LogP contribution in [0, 0.1) is 11.8 Å². The van der Waals surface area contributed by atoms with Gasteiger partial charge in [0.1, 0.15) is 0 Å². The van der Waals surface area contributed by atoms with E-state index in [1.54, 1.807) is 0 Å². The number of unbranched alkanes of at least 4 members (excludes halogenated alkanes) is 1. The van der Waals surface area contributed by atoms with Crippen molar-refractivity contribution in [3.63, 3.8) is 0 Å². The largest absolute Gasteiger partial charge is 0.392 e. The average molecular weight is 264 g/mol. The van der Waals surface area contributed by atoms with Crippen LogP contribution in [0.4, 0.5) is 0 Å². The van der Waals surface area contributed by atoms with Crippen molar-refractivity contribution in [2.24, 2.45) is 18.9 Å². The smallest absolute Gasteiger partial charge is 0.0650 e. The molecule has 1 saturated carbocycles. The SMILES string of the molecule is CCCCC1CCC(C(O)Cc2ccn(C)n2)CC1. The molecule has 1 unspecified atom stereocenters. The number of aliphatic hydroxyl groups is 1. The monoisotopic (exact) mass is 264 g/mol. The summed E-state index contributed by atoms with van der Waals surface area (Å²) in [5, 5.41) is 14.7. The number of nitrogens with zero attached hydrogens (tertiary/aromatic N) is 2. The molecule has 0 amide bonds. The van der Waals surface area contributed by atoms with Crippen LogP contribution < -0.4 is 0 Å². The Labute approximate surface area is 117 Å². The lowest BCUT2D eigenvalue weighted by Gasteiger charge is -2.31. The molecule has 1 aromatic rings. The Morgan fingerprint density at radius 1 is 1.37 bits per heavy atom. The van der Waals surface area contributed by atoms with Gasteiger partial charge in [-0.1, -0.05) is 39.0 Å². The van der Waals surface area contributed by atoms with Crippen LogP contribution in [0.1, 0.15) is 57.6 Å². The van der Waals surface area contributed by atoms with Gasteiger partial charge < -0.3 is 5.11 Å². The molecule has 0 aromatic carbocycles. The first-order valence-electron chi connectivity index (χ1n) is 7.85. The molecule has 1 fully saturated rings. The van der Waals surface area contributed by atoms with Gasteiger partial charge in [0.05, 0.1) is 11.8 Å². The van der Waals surface area contributed by atoms with Gasteiger partial charge in [-0.15, -0.1) is 0 Å². The van der Waals surface area contributed by atoms with E-state index in [-0.39, 0.29) is 6.10 Å². The van der Waals surface area contributed by atoms with Crippen LogP contribution in [0.15, 0.2) is 12.3 Å². The molecular formula is C16H28N2O. The highest BCUT2D eigenvalue weighted by atomic mass is 16.3. The Bertz CT molecular complexity index is 367. The molecule has 1 aliphatic carbocycles. The summed E-state index contributed by atoms with van der Waals surface area (Å²) in [6, 6.07) is 2.01. The highest BCUT2D eigenvalue weighted by Crippen LogP contribution is 2.34. The fraction of sp³-hybridized carbons (Fsp3) is 0.812. The minimum absolute atomic E-state index is 0.206. The molecule has 1 aromatic heterocycles. The first-order chi connectivity index (χ1) is 9.19. The lowest BCUT2D eigenvalue weighted by Crippen LogP contribution is -2.27. The zero-order valence-corrected chi connectivity index (χ0v) is 12.4. The summed E-state index contributed by atoms with van der Waals surface area (Å²) in [5.74, 6) is 1.40. The third-order valence-corrected chi connectivity index (χ3v) is 4.59. The van der Waals surface area contributed by atoms with E-state index in [2.05, 4.69) is 12.0 Å². The third-order valence-electron chi connectivity index (χ3n) is 4.59. The Morgan fingerprint density at radius 3 is 2.68 bits per heavy atom. The van der Waals surface area contributed by atoms with Crippen molar-refractivity contribution in [1.29, 1.82) is 0 Å². The molecule has 108 valence electrons. The van der Waals surface area contributed by atoms with Crippen LogP contribution in [0.3, 0.4) is 0 Å². The lowest BCUT2D eigenvalue weighted by molar-refractivity contribution is 0.0718. The van der Waals surface area contributed by atoms with E-state index in [1.807, 2.05) is 24.0 Å². The fourth-order valence-corrected chi connectivity index (χ4v) is 3.31. The Balaban J connectivity index is 1.74. The van der Waals surface area contributed by atoms with Crippen molar-refractivity contribution < 1.29 is 5.11 Å². The maximum atomic E-state index is 10.3. The minimum Gasteiger partial charge on any atom is -0.392 e. The maximum Gasteiger partial charge on any atom is 0.0650 e. The van der Waals surface area contributed by atoms with Gasteiger partial charge in [0.25, 0.3) is 0 Å². The number of aryl methyl sites for hydroxylation is 1. The van der Waals surface area contributed by atoms with Crippen molar-refractivity contribution in [1.82, 2.24) is 9.78 Å². The van der Waals surface area contributed by atoms with Crippen molar-refractivity contribution in [3.8, 4) is 0 Å². The van der Waals surface area contributed by atoms with Crippen LogP contribution in [0.5, 0.6) is 0 Å². The summed E-state index contributed by atoms with van der Waals surface area (Å²) >= 11 is 0. The zero-order chi connectivity index (χ0) is 13.7. The summed E-state index contributed by atoms with van der Waals surface area (Å²) < 4.78 is 1.81. The molecule has 0 aliphatic heterocycles. The predicted octanol–water partition coefficient (Wildman–Crippen LogP) is 3.32. The van der Waals surface area contributed by atoms with Gasteiger partial charge in [0, 0.05) is 19.7 Å². The second-order valence-corrected chi connectivity index (χ2v) is 6.18. The molecule has 0 bridgehead atoms. The molecule has 1 N–H and O–H groups in total. The number of aliphatic hydroxyl groups excluding tert-OH is 1. The molecule has 0 saturated heterocycles. The van der Waals surface area contributed by atoms with E-state index in [1.165, 1.54) is 44.9 Å². The van der Waals surface area contributed by atoms with Crippen LogP contribution in [0.25, 0.3) is 0 Å². The Kier molecular flexibility index (Phi) is 5.44. The molecule has 2 rings (SSSR count). The van der Waals surface area contributed by atoms with E-state index in [4.69, 9.17) is 0 Å². The van der Waals surface area contributed by atoms with Crippen molar-refractivity contribution in [2.45, 2.75) is 64.4 Å². The van der Waals surface area contributed by atoms with Crippen molar-refractivity contribution in [3.05, 3.63) is 18.0 Å². The fourth-order valence-electron chi connectivity index (χ4n) is 3.31. The van der Waals surface area contributed by atoms with Gasteiger partial charge in [0.15, 0.2) is 0 Å². The summed E-state index contributed by atoms with van der Waals surface area (Å²) in [6.07, 6.45) is 11.5. The molecule has 0 radical (unpaired) electrons. The van der Waals surface area contributed by atoms with Gasteiger partial charge >= 0.3 is 0 Å². The number of aromatic nitrogens is 2. The van der Waals surface area contributed by atoms with E-state index in [0.717, 1.165) is 11.6 Å². The van der Waals surface area contributed by atoms with E-state index in [0.29, 0.717) is 12.3 Å². The number of hydrogen-bond donors (Lipinski definition) is 1. The molecule has 3 heteroatoms. The van der Waals surface area contributed by atoms with Gasteiger partial charge in [-0.05, 0) is 30.7 Å². The van der Waals surface area contributed by atoms with Gasteiger partial charge in [-0.3, -0.25) is 4.68 Å². The molecule has 3 nitrogen and oxygen atoms in total. The van der Waals surface area contributed by atoms with Crippen molar-refractivity contribution >= 4 is 0 Å². The first kappa shape index (κ1) is 14.6. The van der Waals surface area contributed by atoms with Crippen molar-refractivity contribution in [2.75, 3.05) is 0 Å². The highest BCUT2D eigenvalue weighted by Gasteiger charge is 2.26. The maximum absolute atomic E-state index is 10.3. The van der Waals surface area contributed by atoms with Gasteiger partial charge in [0.2, 0.25) is 0 Å². The standard InChI is InChI=1S/C16H28N2O/c1-3-4-5-13-6-8-14(9-7-13)16(19)12-15-10-11-18(2)17-15/h10-11,13-14,16,19H,3-9,12H2,1-2H3. The van der Waals surface area contributed by atoms with E-state index >= 15 is 0 Å². The highest BCUT2D eigenvalue weighted by molar-refractivity contribution is 5.01.